The van der Waals surface area contributed by atoms with Crippen molar-refractivity contribution in [3.8, 4) is 0 Å². The molecule has 0 rings (SSSR count). The number of hydrogen-bond acceptors (Lipinski definition) is 4. The van der Waals surface area contributed by atoms with Gasteiger partial charge in [0.15, 0.2) is 0 Å². The maximum Gasteiger partial charge on any atom is 0.316 e. The van der Waals surface area contributed by atoms with Crippen molar-refractivity contribution in [3.05, 3.63) is 0 Å². The zero-order chi connectivity index (χ0) is 8.57. The lowest BCUT2D eigenvalue weighted by Gasteiger charge is -1.90. The van der Waals surface area contributed by atoms with Crippen molar-refractivity contribution >= 4 is 8.25 Å². The van der Waals surface area contributed by atoms with Gasteiger partial charge in [-0.3, -0.25) is 4.57 Å². The van der Waals surface area contributed by atoms with Crippen LogP contribution >= 0.6 is 8.25 Å². The van der Waals surface area contributed by atoms with Gasteiger partial charge < -0.3 is 20.5 Å². The Hall–Kier alpha value is 0.0700. The Bertz CT molecular complexity index is 87.0. The SMILES string of the molecule is CCO[PH](=O)O.CN(C)C.N. The number of nitrogens with zero attached hydrogens (tertiary/aromatic N) is 1. The summed E-state index contributed by atoms with van der Waals surface area (Å²) in [5.74, 6) is 0. The average Bonchev–Trinajstić information content (AvgIpc) is 1.62. The van der Waals surface area contributed by atoms with E-state index in [-0.39, 0.29) is 6.15 Å². The summed E-state index contributed by atoms with van der Waals surface area (Å²) in [5.41, 5.74) is 0. The molecule has 0 amide bonds. The summed E-state index contributed by atoms with van der Waals surface area (Å²) in [6.45, 7) is 1.98. The third-order valence-electron chi connectivity index (χ3n) is 0.268. The van der Waals surface area contributed by atoms with Crippen molar-refractivity contribution in [1.82, 2.24) is 11.1 Å². The summed E-state index contributed by atoms with van der Waals surface area (Å²) in [6, 6.07) is 0. The fourth-order valence-electron chi connectivity index (χ4n) is 0.123. The molecule has 4 N–H and O–H groups in total. The smallest absolute Gasteiger partial charge is 0.316 e. The van der Waals surface area contributed by atoms with E-state index in [1.807, 2.05) is 26.0 Å². The summed E-state index contributed by atoms with van der Waals surface area (Å²) in [7, 11) is 3.36. The minimum Gasteiger partial charge on any atom is -0.344 e. The molecule has 11 heavy (non-hydrogen) atoms. The number of hydrogen-bond donors (Lipinski definition) is 2. The van der Waals surface area contributed by atoms with Crippen molar-refractivity contribution in [3.63, 3.8) is 0 Å². The molecule has 5 nitrogen and oxygen atoms in total. The molecule has 0 radical (unpaired) electrons. The van der Waals surface area contributed by atoms with Crippen LogP contribution in [0.1, 0.15) is 6.92 Å². The minimum absolute atomic E-state index is 0. The Morgan fingerprint density at radius 3 is 1.73 bits per heavy atom. The van der Waals surface area contributed by atoms with Crippen LogP contribution in [0.5, 0.6) is 0 Å². The molecule has 0 heterocycles. The predicted octanol–water partition coefficient (Wildman–Crippen LogP) is 0.745. The molecular formula is C5H19N2O3P. The van der Waals surface area contributed by atoms with Crippen LogP contribution in [-0.4, -0.2) is 37.5 Å². The minimum atomic E-state index is -2.64. The topological polar surface area (TPSA) is 84.8 Å². The van der Waals surface area contributed by atoms with E-state index in [0.29, 0.717) is 6.61 Å². The lowest BCUT2D eigenvalue weighted by molar-refractivity contribution is 0.297. The van der Waals surface area contributed by atoms with Crippen molar-refractivity contribution in [2.45, 2.75) is 6.92 Å². The molecule has 1 unspecified atom stereocenters. The first-order chi connectivity index (χ1) is 4.50. The maximum absolute atomic E-state index is 9.56. The molecule has 1 atom stereocenters. The van der Waals surface area contributed by atoms with E-state index in [9.17, 15) is 4.57 Å². The van der Waals surface area contributed by atoms with E-state index in [1.54, 1.807) is 6.92 Å². The van der Waals surface area contributed by atoms with Crippen LogP contribution in [0.15, 0.2) is 0 Å². The Kier molecular flexibility index (Phi) is 19.9. The lowest BCUT2D eigenvalue weighted by Crippen LogP contribution is -1.99. The van der Waals surface area contributed by atoms with E-state index in [4.69, 9.17) is 4.89 Å². The molecule has 0 aliphatic rings. The normalized spacial score (nSPS) is 11.1. The number of rotatable bonds is 2. The molecule has 0 saturated carbocycles. The molecule has 0 aromatic heterocycles. The maximum atomic E-state index is 9.56. The van der Waals surface area contributed by atoms with Crippen LogP contribution in [0.4, 0.5) is 0 Å². The summed E-state index contributed by atoms with van der Waals surface area (Å²) < 4.78 is 13.7. The fourth-order valence-corrected chi connectivity index (χ4v) is 0.370. The molecule has 0 aliphatic carbocycles. The standard InChI is InChI=1S/C3H9N.C2H7O3P.H3N/c1-4(2)3;1-2-5-6(3)4;/h1-3H3;6H,2H2,1H3,(H,3,4);1H3. The summed E-state index contributed by atoms with van der Waals surface area (Å²) in [6.07, 6.45) is 0. The van der Waals surface area contributed by atoms with Gasteiger partial charge in [-0.1, -0.05) is 0 Å². The van der Waals surface area contributed by atoms with Gasteiger partial charge in [-0.25, -0.2) is 0 Å². The van der Waals surface area contributed by atoms with Crippen LogP contribution in [0.2, 0.25) is 0 Å². The van der Waals surface area contributed by atoms with Gasteiger partial charge >= 0.3 is 8.25 Å². The highest BCUT2D eigenvalue weighted by atomic mass is 31.1. The molecule has 0 fully saturated rings. The van der Waals surface area contributed by atoms with Crippen molar-refractivity contribution < 1.29 is 14.0 Å². The molecule has 0 bridgehead atoms. The summed E-state index contributed by atoms with van der Waals surface area (Å²) in [5, 5.41) is 0. The van der Waals surface area contributed by atoms with Crippen LogP contribution in [0.25, 0.3) is 0 Å². The molecule has 72 valence electrons. The van der Waals surface area contributed by atoms with E-state index in [1.165, 1.54) is 0 Å². The van der Waals surface area contributed by atoms with Gasteiger partial charge in [-0.2, -0.15) is 0 Å². The Morgan fingerprint density at radius 1 is 1.45 bits per heavy atom. The third-order valence-corrected chi connectivity index (χ3v) is 0.803. The van der Waals surface area contributed by atoms with Gasteiger partial charge in [0.05, 0.1) is 6.61 Å². The zero-order valence-corrected chi connectivity index (χ0v) is 8.63. The van der Waals surface area contributed by atoms with Gasteiger partial charge in [-0.05, 0) is 28.1 Å². The molecule has 0 spiro atoms. The molecule has 6 heteroatoms. The molecule has 0 aromatic carbocycles. The van der Waals surface area contributed by atoms with Crippen LogP contribution in [0, 0.1) is 0 Å². The van der Waals surface area contributed by atoms with Crippen LogP contribution < -0.4 is 6.15 Å². The molecular weight excluding hydrogens is 167 g/mol. The van der Waals surface area contributed by atoms with E-state index < -0.39 is 8.25 Å². The predicted molar refractivity (Wildman–Crippen MR) is 47.5 cm³/mol. The molecule has 0 aliphatic heterocycles. The van der Waals surface area contributed by atoms with Gasteiger partial charge in [0, 0.05) is 0 Å². The Morgan fingerprint density at radius 2 is 1.73 bits per heavy atom. The van der Waals surface area contributed by atoms with Gasteiger partial charge in [0.25, 0.3) is 0 Å². The van der Waals surface area contributed by atoms with Gasteiger partial charge in [0.2, 0.25) is 0 Å². The third kappa shape index (κ3) is 69.6. The second-order valence-corrected chi connectivity index (χ2v) is 2.86. The monoisotopic (exact) mass is 186 g/mol. The van der Waals surface area contributed by atoms with Gasteiger partial charge in [-0.15, -0.1) is 0 Å². The second kappa shape index (κ2) is 12.7. The first-order valence-corrected chi connectivity index (χ1v) is 4.23. The quantitative estimate of drug-likeness (QED) is 0.621. The highest BCUT2D eigenvalue weighted by Gasteiger charge is 1.81. The second-order valence-electron chi connectivity index (χ2n) is 2.04. The Balaban J connectivity index is -0.000000114. The zero-order valence-electron chi connectivity index (χ0n) is 7.63. The molecule has 0 aromatic rings. The summed E-state index contributed by atoms with van der Waals surface area (Å²) in [4.78, 5) is 9.88. The van der Waals surface area contributed by atoms with Crippen LogP contribution in [0.3, 0.4) is 0 Å². The van der Waals surface area contributed by atoms with Crippen LogP contribution in [-0.2, 0) is 9.09 Å². The average molecular weight is 186 g/mol. The lowest BCUT2D eigenvalue weighted by atomic mass is 10.9. The van der Waals surface area contributed by atoms with E-state index in [0.717, 1.165) is 0 Å². The Labute approximate surface area is 68.9 Å². The largest absolute Gasteiger partial charge is 0.344 e. The first-order valence-electron chi connectivity index (χ1n) is 2.97. The van der Waals surface area contributed by atoms with Crippen molar-refractivity contribution in [1.29, 1.82) is 0 Å². The highest BCUT2D eigenvalue weighted by Crippen LogP contribution is 2.12. The first kappa shape index (κ1) is 17.2. The molecule has 0 saturated heterocycles. The van der Waals surface area contributed by atoms with Crippen molar-refractivity contribution in [2.75, 3.05) is 27.7 Å². The van der Waals surface area contributed by atoms with Crippen molar-refractivity contribution in [2.24, 2.45) is 0 Å². The fraction of sp³-hybridized carbons (Fsp3) is 1.00. The van der Waals surface area contributed by atoms with E-state index >= 15 is 0 Å². The highest BCUT2D eigenvalue weighted by molar-refractivity contribution is 7.32. The van der Waals surface area contributed by atoms with E-state index in [2.05, 4.69) is 4.52 Å². The van der Waals surface area contributed by atoms with Gasteiger partial charge in [0.1, 0.15) is 0 Å². The summed E-state index contributed by atoms with van der Waals surface area (Å²) >= 11 is 0.